The van der Waals surface area contributed by atoms with Crippen molar-refractivity contribution in [1.82, 2.24) is 9.55 Å². The van der Waals surface area contributed by atoms with Crippen LogP contribution in [0.4, 0.5) is 0 Å². The molecule has 0 aliphatic carbocycles. The van der Waals surface area contributed by atoms with Crippen LogP contribution in [0.3, 0.4) is 0 Å². The third-order valence-electron chi connectivity index (χ3n) is 2.08. The third-order valence-corrected chi connectivity index (χ3v) is 2.38. The fraction of sp³-hybridized carbons (Fsp3) is 0. The molecular formula is C11H7N3OS. The van der Waals surface area contributed by atoms with Gasteiger partial charge < -0.3 is 0 Å². The fourth-order valence-electron chi connectivity index (χ4n) is 1.35. The molecule has 2 rings (SSSR count). The number of nitrogens with one attached hydrogen (secondary N) is 1. The van der Waals surface area contributed by atoms with Crippen LogP contribution in [0.15, 0.2) is 41.3 Å². The summed E-state index contributed by atoms with van der Waals surface area (Å²) >= 11 is 5.03. The van der Waals surface area contributed by atoms with Gasteiger partial charge in [0.05, 0.1) is 11.6 Å². The Morgan fingerprint density at radius 1 is 1.38 bits per heavy atom. The molecule has 0 saturated heterocycles. The van der Waals surface area contributed by atoms with Gasteiger partial charge in [0.2, 0.25) is 0 Å². The Morgan fingerprint density at radius 3 is 2.88 bits per heavy atom. The van der Waals surface area contributed by atoms with E-state index in [2.05, 4.69) is 4.98 Å². The predicted molar refractivity (Wildman–Crippen MR) is 61.9 cm³/mol. The first-order valence-electron chi connectivity index (χ1n) is 4.53. The highest BCUT2D eigenvalue weighted by Gasteiger charge is 1.98. The summed E-state index contributed by atoms with van der Waals surface area (Å²) in [4.78, 5) is 13.5. The van der Waals surface area contributed by atoms with Gasteiger partial charge in [-0.3, -0.25) is 14.3 Å². The Labute approximate surface area is 96.4 Å². The lowest BCUT2D eigenvalue weighted by Gasteiger charge is -2.05. The quantitative estimate of drug-likeness (QED) is 0.758. The zero-order valence-electron chi connectivity index (χ0n) is 8.18. The van der Waals surface area contributed by atoms with Crippen LogP contribution >= 0.6 is 12.2 Å². The number of hydrogen-bond acceptors (Lipinski definition) is 3. The Bertz CT molecular complexity index is 678. The number of rotatable bonds is 1. The number of nitriles is 1. The normalized spacial score (nSPS) is 9.69. The smallest absolute Gasteiger partial charge is 0.251 e. The number of benzene rings is 1. The SMILES string of the molecule is N#Cc1cccc(-n2ccc(=O)[nH]c2=S)c1. The zero-order chi connectivity index (χ0) is 11.5. The molecule has 0 amide bonds. The van der Waals surface area contributed by atoms with E-state index in [1.165, 1.54) is 6.07 Å². The minimum Gasteiger partial charge on any atom is -0.299 e. The highest BCUT2D eigenvalue weighted by Crippen LogP contribution is 2.09. The van der Waals surface area contributed by atoms with Gasteiger partial charge >= 0.3 is 0 Å². The maximum Gasteiger partial charge on any atom is 0.251 e. The van der Waals surface area contributed by atoms with Crippen molar-refractivity contribution in [3.63, 3.8) is 0 Å². The number of H-pyrrole nitrogens is 1. The first kappa shape index (κ1) is 10.3. The van der Waals surface area contributed by atoms with Gasteiger partial charge in [0.15, 0.2) is 4.77 Å². The topological polar surface area (TPSA) is 61.6 Å². The van der Waals surface area contributed by atoms with Gasteiger partial charge in [-0.05, 0) is 30.4 Å². The van der Waals surface area contributed by atoms with Gasteiger partial charge in [-0.15, -0.1) is 0 Å². The van der Waals surface area contributed by atoms with Gasteiger partial charge in [-0.2, -0.15) is 5.26 Å². The number of hydrogen-bond donors (Lipinski definition) is 1. The number of aromatic amines is 1. The molecule has 0 bridgehead atoms. The Morgan fingerprint density at radius 2 is 2.19 bits per heavy atom. The van der Waals surface area contributed by atoms with Crippen molar-refractivity contribution in [2.75, 3.05) is 0 Å². The lowest BCUT2D eigenvalue weighted by molar-refractivity contribution is 0.937. The maximum absolute atomic E-state index is 11.0. The molecule has 1 aromatic carbocycles. The molecule has 0 aliphatic rings. The molecule has 2 aromatic rings. The average molecular weight is 229 g/mol. The van der Waals surface area contributed by atoms with Crippen LogP contribution < -0.4 is 5.56 Å². The lowest BCUT2D eigenvalue weighted by Crippen LogP contribution is -2.09. The fourth-order valence-corrected chi connectivity index (χ4v) is 1.61. The molecule has 1 N–H and O–H groups in total. The molecule has 0 saturated carbocycles. The minimum absolute atomic E-state index is 0.238. The predicted octanol–water partition coefficient (Wildman–Crippen LogP) is 1.77. The van der Waals surface area contributed by atoms with E-state index in [0.29, 0.717) is 10.3 Å². The monoisotopic (exact) mass is 229 g/mol. The second-order valence-electron chi connectivity index (χ2n) is 3.14. The van der Waals surface area contributed by atoms with Crippen molar-refractivity contribution in [3.05, 3.63) is 57.2 Å². The number of nitrogens with zero attached hydrogens (tertiary/aromatic N) is 2. The molecule has 4 nitrogen and oxygen atoms in total. The van der Waals surface area contributed by atoms with Crippen LogP contribution in [0.2, 0.25) is 0 Å². The van der Waals surface area contributed by atoms with Gasteiger partial charge in [0.1, 0.15) is 0 Å². The largest absolute Gasteiger partial charge is 0.299 e. The molecule has 1 aromatic heterocycles. The summed E-state index contributed by atoms with van der Waals surface area (Å²) in [5.74, 6) is 0. The van der Waals surface area contributed by atoms with Gasteiger partial charge in [0.25, 0.3) is 5.56 Å². The molecule has 0 atom stereocenters. The number of aromatic nitrogens is 2. The van der Waals surface area contributed by atoms with E-state index in [0.717, 1.165) is 5.69 Å². The summed E-state index contributed by atoms with van der Waals surface area (Å²) in [6, 6.07) is 10.4. The van der Waals surface area contributed by atoms with Crippen LogP contribution in [-0.2, 0) is 0 Å². The van der Waals surface area contributed by atoms with Crippen LogP contribution in [0.5, 0.6) is 0 Å². The maximum atomic E-state index is 11.0. The van der Waals surface area contributed by atoms with E-state index < -0.39 is 0 Å². The van der Waals surface area contributed by atoms with E-state index in [9.17, 15) is 4.79 Å². The summed E-state index contributed by atoms with van der Waals surface area (Å²) in [6.07, 6.45) is 1.58. The van der Waals surface area contributed by atoms with Crippen LogP contribution in [-0.4, -0.2) is 9.55 Å². The Hall–Kier alpha value is -2.19. The van der Waals surface area contributed by atoms with E-state index in [4.69, 9.17) is 17.5 Å². The molecule has 78 valence electrons. The standard InChI is InChI=1S/C11H7N3OS/c12-7-8-2-1-3-9(6-8)14-5-4-10(15)13-11(14)16/h1-6H,(H,13,15,16). The van der Waals surface area contributed by atoms with Crippen molar-refractivity contribution < 1.29 is 0 Å². The highest BCUT2D eigenvalue weighted by atomic mass is 32.1. The highest BCUT2D eigenvalue weighted by molar-refractivity contribution is 7.71. The van der Waals surface area contributed by atoms with Crippen molar-refractivity contribution in [1.29, 1.82) is 5.26 Å². The third kappa shape index (κ3) is 1.92. The molecule has 0 radical (unpaired) electrons. The summed E-state index contributed by atoms with van der Waals surface area (Å²) < 4.78 is 1.94. The summed E-state index contributed by atoms with van der Waals surface area (Å²) in [5.41, 5.74) is 1.06. The molecule has 1 heterocycles. The van der Waals surface area contributed by atoms with Crippen LogP contribution in [0, 0.1) is 16.1 Å². The van der Waals surface area contributed by atoms with Crippen molar-refractivity contribution >= 4 is 12.2 Å². The van der Waals surface area contributed by atoms with Crippen LogP contribution in [0.1, 0.15) is 5.56 Å². The summed E-state index contributed by atoms with van der Waals surface area (Å²) in [7, 11) is 0. The first-order chi connectivity index (χ1) is 7.70. The van der Waals surface area contributed by atoms with E-state index in [-0.39, 0.29) is 5.56 Å². The van der Waals surface area contributed by atoms with Crippen molar-refractivity contribution in [2.24, 2.45) is 0 Å². The van der Waals surface area contributed by atoms with E-state index in [1.807, 2.05) is 12.1 Å². The van der Waals surface area contributed by atoms with Crippen molar-refractivity contribution in [3.8, 4) is 11.8 Å². The summed E-state index contributed by atoms with van der Waals surface area (Å²) in [6.45, 7) is 0. The molecule has 0 spiro atoms. The first-order valence-corrected chi connectivity index (χ1v) is 4.94. The second-order valence-corrected chi connectivity index (χ2v) is 3.53. The second kappa shape index (κ2) is 4.13. The van der Waals surface area contributed by atoms with E-state index in [1.54, 1.807) is 29.0 Å². The molecule has 0 unspecified atom stereocenters. The molecule has 0 aliphatic heterocycles. The Balaban J connectivity index is 2.64. The van der Waals surface area contributed by atoms with Gasteiger partial charge in [0, 0.05) is 18.0 Å². The molecule has 0 fully saturated rings. The minimum atomic E-state index is -0.238. The van der Waals surface area contributed by atoms with Gasteiger partial charge in [-0.1, -0.05) is 6.07 Å². The van der Waals surface area contributed by atoms with Gasteiger partial charge in [-0.25, -0.2) is 0 Å². The molecule has 16 heavy (non-hydrogen) atoms. The van der Waals surface area contributed by atoms with Crippen LogP contribution in [0.25, 0.3) is 5.69 Å². The van der Waals surface area contributed by atoms with Crippen molar-refractivity contribution in [2.45, 2.75) is 0 Å². The Kier molecular flexibility index (Phi) is 2.66. The lowest BCUT2D eigenvalue weighted by atomic mass is 10.2. The molecular weight excluding hydrogens is 222 g/mol. The van der Waals surface area contributed by atoms with E-state index >= 15 is 0 Å². The average Bonchev–Trinajstić information content (AvgIpc) is 2.29. The summed E-state index contributed by atoms with van der Waals surface area (Å²) in [5, 5.41) is 8.78. The zero-order valence-corrected chi connectivity index (χ0v) is 8.99. The molecule has 5 heteroatoms.